The molecule has 0 saturated carbocycles. The number of anilines is 2. The van der Waals surface area contributed by atoms with E-state index in [-0.39, 0.29) is 11.2 Å². The second kappa shape index (κ2) is 9.17. The summed E-state index contributed by atoms with van der Waals surface area (Å²) in [6.07, 6.45) is 5.56. The number of phenols is 1. The van der Waals surface area contributed by atoms with Gasteiger partial charge >= 0.3 is 0 Å². The monoisotopic (exact) mass is 528 g/mol. The molecule has 6 heteroatoms. The summed E-state index contributed by atoms with van der Waals surface area (Å²) in [7, 11) is -0.0717. The minimum absolute atomic E-state index is 0.203. The average Bonchev–Trinajstić information content (AvgIpc) is 3.20. The maximum atomic E-state index is 10.7. The van der Waals surface area contributed by atoms with Crippen molar-refractivity contribution in [2.24, 2.45) is 0 Å². The number of phenolic OH excluding ortho intramolecular Hbond substituents is 1. The Kier molecular flexibility index (Phi) is 5.88. The molecule has 194 valence electrons. The molecule has 6 rings (SSSR count). The van der Waals surface area contributed by atoms with E-state index in [9.17, 15) is 5.11 Å². The van der Waals surface area contributed by atoms with Gasteiger partial charge in [0.1, 0.15) is 13.8 Å². The molecule has 1 N–H and O–H groups in total. The number of nitrogens with zero attached hydrogens (tertiary/aromatic N) is 4. The van der Waals surface area contributed by atoms with Crippen LogP contribution in [-0.2, 0) is 5.41 Å². The van der Waals surface area contributed by atoms with Crippen molar-refractivity contribution in [2.45, 2.75) is 32.4 Å². The second-order valence-electron chi connectivity index (χ2n) is 11.3. The first-order valence-corrected chi connectivity index (χ1v) is 16.2. The lowest BCUT2D eigenvalue weighted by Crippen LogP contribution is -2.54. The molecule has 1 aliphatic carbocycles. The Morgan fingerprint density at radius 3 is 2.44 bits per heavy atom. The van der Waals surface area contributed by atoms with Gasteiger partial charge in [-0.25, -0.2) is 4.98 Å². The molecular weight excluding hydrogens is 496 g/mol. The van der Waals surface area contributed by atoms with E-state index in [2.05, 4.69) is 98.5 Å². The molecule has 0 fully saturated rings. The Balaban J connectivity index is 1.38. The van der Waals surface area contributed by atoms with Crippen molar-refractivity contribution in [1.29, 1.82) is 0 Å². The summed E-state index contributed by atoms with van der Waals surface area (Å²) < 4.78 is 0. The smallest absolute Gasteiger partial charge is 0.135 e. The van der Waals surface area contributed by atoms with Crippen LogP contribution in [0.15, 0.2) is 97.5 Å². The topological polar surface area (TPSA) is 62.1 Å². The van der Waals surface area contributed by atoms with Crippen LogP contribution in [0, 0.1) is 0 Å². The normalized spacial score (nSPS) is 13.6. The van der Waals surface area contributed by atoms with Crippen molar-refractivity contribution in [3.63, 3.8) is 0 Å². The molecular formula is C33H32N4OSi. The van der Waals surface area contributed by atoms with Crippen LogP contribution in [0.4, 0.5) is 11.4 Å². The maximum absolute atomic E-state index is 10.7. The molecule has 5 nitrogen and oxygen atoms in total. The fourth-order valence-electron chi connectivity index (χ4n) is 5.66. The van der Waals surface area contributed by atoms with E-state index in [0.717, 1.165) is 50.3 Å². The summed E-state index contributed by atoms with van der Waals surface area (Å²) in [5.41, 5.74) is 7.89. The van der Waals surface area contributed by atoms with Gasteiger partial charge in [0, 0.05) is 47.0 Å². The summed E-state index contributed by atoms with van der Waals surface area (Å²) in [4.78, 5) is 16.4. The molecule has 0 aliphatic heterocycles. The van der Waals surface area contributed by atoms with Gasteiger partial charge in [-0.3, -0.25) is 9.97 Å². The third-order valence-electron chi connectivity index (χ3n) is 8.21. The molecule has 5 aromatic rings. The number of aromatic nitrogens is 3. The lowest BCUT2D eigenvalue weighted by atomic mass is 9.83. The molecule has 3 aromatic heterocycles. The molecule has 0 bridgehead atoms. The molecule has 0 atom stereocenters. The summed E-state index contributed by atoms with van der Waals surface area (Å²) in [6, 6.07) is 27.0. The van der Waals surface area contributed by atoms with Gasteiger partial charge in [-0.1, -0.05) is 74.6 Å². The Morgan fingerprint density at radius 2 is 1.64 bits per heavy atom. The fraction of sp³-hybridized carbons (Fsp3) is 0.182. The van der Waals surface area contributed by atoms with E-state index in [0.29, 0.717) is 0 Å². The first kappa shape index (κ1) is 25.0. The van der Waals surface area contributed by atoms with Crippen LogP contribution >= 0.6 is 0 Å². The lowest BCUT2D eigenvalue weighted by molar-refractivity contribution is 0.476. The van der Waals surface area contributed by atoms with Crippen molar-refractivity contribution >= 4 is 30.0 Å². The number of hydrogen-bond donors (Lipinski definition) is 1. The van der Waals surface area contributed by atoms with E-state index in [1.807, 2.05) is 30.6 Å². The number of hydrogen-bond acceptors (Lipinski definition) is 5. The Bertz CT molecular complexity index is 1700. The number of fused-ring (bicyclic) bond motifs is 3. The van der Waals surface area contributed by atoms with Crippen molar-refractivity contribution in [3.05, 3.63) is 109 Å². The fourth-order valence-corrected chi connectivity index (χ4v) is 7.89. The van der Waals surface area contributed by atoms with E-state index in [1.54, 1.807) is 12.3 Å². The zero-order chi connectivity index (χ0) is 27.4. The molecule has 0 unspecified atom stereocenters. The number of aromatic hydroxyl groups is 1. The predicted octanol–water partition coefficient (Wildman–Crippen LogP) is 6.14. The standard InChI is InChI=1S/C33H32N4OSi/c1-33(2)26-12-7-13-29(38)31(26)32-27(33)14-15-28(36-32)22-9-6-11-25(19-22)39(4,5)30-20-23(16-18-35-30)37(3)24-10-8-17-34-21-24/h6-21,38H,1-5H3. The molecule has 0 spiro atoms. The zero-order valence-electron chi connectivity index (χ0n) is 23.0. The van der Waals surface area contributed by atoms with Crippen LogP contribution in [0.1, 0.15) is 25.0 Å². The molecule has 1 aliphatic rings. The highest BCUT2D eigenvalue weighted by Crippen LogP contribution is 2.51. The third-order valence-corrected chi connectivity index (χ3v) is 11.5. The highest BCUT2D eigenvalue weighted by molar-refractivity contribution is 7.00. The summed E-state index contributed by atoms with van der Waals surface area (Å²) in [6.45, 7) is 9.07. The van der Waals surface area contributed by atoms with Gasteiger partial charge < -0.3 is 10.0 Å². The predicted molar refractivity (Wildman–Crippen MR) is 162 cm³/mol. The largest absolute Gasteiger partial charge is 0.507 e. The van der Waals surface area contributed by atoms with Crippen LogP contribution in [0.2, 0.25) is 13.1 Å². The lowest BCUT2D eigenvalue weighted by Gasteiger charge is -2.26. The van der Waals surface area contributed by atoms with Gasteiger partial charge in [0.2, 0.25) is 0 Å². The summed E-state index contributed by atoms with van der Waals surface area (Å²) >= 11 is 0. The van der Waals surface area contributed by atoms with Gasteiger partial charge in [-0.15, -0.1) is 0 Å². The quantitative estimate of drug-likeness (QED) is 0.278. The van der Waals surface area contributed by atoms with Gasteiger partial charge in [0.25, 0.3) is 0 Å². The molecule has 0 amide bonds. The Labute approximate surface area is 230 Å². The zero-order valence-corrected chi connectivity index (χ0v) is 24.0. The van der Waals surface area contributed by atoms with Gasteiger partial charge in [0.15, 0.2) is 0 Å². The van der Waals surface area contributed by atoms with Crippen LogP contribution in [0.25, 0.3) is 22.5 Å². The van der Waals surface area contributed by atoms with E-state index < -0.39 is 8.07 Å². The third kappa shape index (κ3) is 4.12. The highest BCUT2D eigenvalue weighted by atomic mass is 28.3. The van der Waals surface area contributed by atoms with Gasteiger partial charge in [-0.2, -0.15) is 0 Å². The summed E-state index contributed by atoms with van der Waals surface area (Å²) in [5.74, 6) is 0.286. The average molecular weight is 529 g/mol. The minimum atomic E-state index is -2.13. The van der Waals surface area contributed by atoms with Crippen molar-refractivity contribution < 1.29 is 5.11 Å². The van der Waals surface area contributed by atoms with Crippen LogP contribution < -0.4 is 15.4 Å². The number of pyridine rings is 3. The van der Waals surface area contributed by atoms with Crippen LogP contribution in [0.3, 0.4) is 0 Å². The van der Waals surface area contributed by atoms with Crippen LogP contribution in [-0.4, -0.2) is 35.2 Å². The first-order valence-electron chi connectivity index (χ1n) is 13.2. The Hall–Kier alpha value is -4.29. The SMILES string of the molecule is CN(c1cccnc1)c1ccnc([Si](C)(C)c2cccc(-c3ccc4c(n3)-c3c(O)cccc3C4(C)C)c2)c1. The van der Waals surface area contributed by atoms with E-state index in [4.69, 9.17) is 9.97 Å². The van der Waals surface area contributed by atoms with Crippen molar-refractivity contribution in [2.75, 3.05) is 11.9 Å². The van der Waals surface area contributed by atoms with Gasteiger partial charge in [0.05, 0.1) is 23.3 Å². The second-order valence-corrected chi connectivity index (χ2v) is 15.6. The highest BCUT2D eigenvalue weighted by Gasteiger charge is 2.38. The molecule has 39 heavy (non-hydrogen) atoms. The van der Waals surface area contributed by atoms with E-state index in [1.165, 1.54) is 5.19 Å². The van der Waals surface area contributed by atoms with Crippen molar-refractivity contribution in [1.82, 2.24) is 15.0 Å². The Morgan fingerprint density at radius 1 is 0.821 bits per heavy atom. The summed E-state index contributed by atoms with van der Waals surface area (Å²) in [5, 5.41) is 13.1. The first-order chi connectivity index (χ1) is 18.7. The van der Waals surface area contributed by atoms with Gasteiger partial charge in [-0.05, 0) is 47.5 Å². The number of rotatable bonds is 5. The van der Waals surface area contributed by atoms with E-state index >= 15 is 0 Å². The minimum Gasteiger partial charge on any atom is -0.507 e. The molecule has 0 saturated heterocycles. The van der Waals surface area contributed by atoms with Crippen molar-refractivity contribution in [3.8, 4) is 28.3 Å². The molecule has 0 radical (unpaired) electrons. The molecule has 2 aromatic carbocycles. The van der Waals surface area contributed by atoms with Crippen LogP contribution in [0.5, 0.6) is 5.75 Å². The maximum Gasteiger partial charge on any atom is 0.135 e. The molecule has 3 heterocycles. The number of benzene rings is 2.